The molecule has 0 saturated heterocycles. The van der Waals surface area contributed by atoms with Crippen molar-refractivity contribution in [2.45, 2.75) is 0 Å². The summed E-state index contributed by atoms with van der Waals surface area (Å²) in [6, 6.07) is 58.1. The van der Waals surface area contributed by atoms with Crippen molar-refractivity contribution >= 4 is 96.9 Å². The predicted molar refractivity (Wildman–Crippen MR) is 222 cm³/mol. The highest BCUT2D eigenvalue weighted by molar-refractivity contribution is 7.26. The third kappa shape index (κ3) is 4.11. The number of rotatable bonds is 3. The average molecular weight is 694 g/mol. The fourth-order valence-electron chi connectivity index (χ4n) is 8.44. The van der Waals surface area contributed by atoms with Crippen LogP contribution < -0.4 is 0 Å². The zero-order valence-electron chi connectivity index (χ0n) is 28.2. The normalized spacial score (nSPS) is 12.2. The minimum Gasteiger partial charge on any atom is -0.455 e. The maximum atomic E-state index is 6.85. The average Bonchev–Trinajstić information content (AvgIpc) is 3.90. The zero-order valence-corrected chi connectivity index (χ0v) is 29.1. The standard InChI is InChI=1S/C48H27N3OS/c1-2-12-28(13-3-1)38-26-30(27-41-43(38)37-23-22-29-14-4-5-15-31(29)46(37)52-41)44-36-18-6-9-19-39(36)49-48(50-44)51-40-20-10-7-16-32(40)34-24-25-35-33-17-8-11-21-42(33)53-47(35)45(34)51/h1-27H. The van der Waals surface area contributed by atoms with Gasteiger partial charge in [-0.3, -0.25) is 4.57 Å². The molecule has 0 spiro atoms. The van der Waals surface area contributed by atoms with Crippen molar-refractivity contribution in [2.24, 2.45) is 0 Å². The fourth-order valence-corrected chi connectivity index (χ4v) is 9.68. The van der Waals surface area contributed by atoms with Crippen LogP contribution in [0.2, 0.25) is 0 Å². The second-order valence-electron chi connectivity index (χ2n) is 13.7. The van der Waals surface area contributed by atoms with E-state index in [1.54, 1.807) is 0 Å². The van der Waals surface area contributed by atoms with Crippen molar-refractivity contribution < 1.29 is 4.42 Å². The Morgan fingerprint density at radius 1 is 0.509 bits per heavy atom. The molecular weight excluding hydrogens is 667 g/mol. The van der Waals surface area contributed by atoms with Gasteiger partial charge in [-0.25, -0.2) is 9.97 Å². The first-order chi connectivity index (χ1) is 26.3. The van der Waals surface area contributed by atoms with Crippen LogP contribution in [0.4, 0.5) is 0 Å². The van der Waals surface area contributed by atoms with Gasteiger partial charge in [0.25, 0.3) is 0 Å². The lowest BCUT2D eigenvalue weighted by Gasteiger charge is -2.13. The van der Waals surface area contributed by atoms with Gasteiger partial charge in [-0.15, -0.1) is 11.3 Å². The number of hydrogen-bond acceptors (Lipinski definition) is 4. The topological polar surface area (TPSA) is 43.9 Å². The second kappa shape index (κ2) is 10.8. The van der Waals surface area contributed by atoms with Crippen LogP contribution in [0, 0.1) is 0 Å². The number of nitrogens with zero attached hydrogens (tertiary/aromatic N) is 3. The summed E-state index contributed by atoms with van der Waals surface area (Å²) in [5.41, 5.74) is 8.92. The molecule has 0 amide bonds. The lowest BCUT2D eigenvalue weighted by atomic mass is 9.94. The molecule has 0 saturated carbocycles. The highest BCUT2D eigenvalue weighted by Crippen LogP contribution is 2.45. The Labute approximate surface area is 306 Å². The number of benzene rings is 8. The summed E-state index contributed by atoms with van der Waals surface area (Å²) in [4.78, 5) is 10.8. The Morgan fingerprint density at radius 3 is 2.13 bits per heavy atom. The molecular formula is C48H27N3OS. The second-order valence-corrected chi connectivity index (χ2v) is 14.8. The monoisotopic (exact) mass is 693 g/mol. The van der Waals surface area contributed by atoms with Gasteiger partial charge in [-0.1, -0.05) is 127 Å². The Bertz CT molecular complexity index is 3460. The summed E-state index contributed by atoms with van der Waals surface area (Å²) in [5.74, 6) is 0.645. The van der Waals surface area contributed by atoms with Crippen LogP contribution >= 0.6 is 11.3 Å². The van der Waals surface area contributed by atoms with E-state index in [0.29, 0.717) is 5.95 Å². The van der Waals surface area contributed by atoms with Crippen LogP contribution in [0.5, 0.6) is 0 Å². The van der Waals surface area contributed by atoms with Gasteiger partial charge in [0, 0.05) is 53.4 Å². The zero-order chi connectivity index (χ0) is 34.6. The van der Waals surface area contributed by atoms with Crippen molar-refractivity contribution in [2.75, 3.05) is 0 Å². The first-order valence-corrected chi connectivity index (χ1v) is 18.6. The van der Waals surface area contributed by atoms with E-state index >= 15 is 0 Å². The molecule has 0 bridgehead atoms. The summed E-state index contributed by atoms with van der Waals surface area (Å²) >= 11 is 1.83. The predicted octanol–water partition coefficient (Wildman–Crippen LogP) is 13.5. The molecule has 0 atom stereocenters. The SMILES string of the molecule is c1ccc(-c2cc(-c3nc(-n4c5ccccc5c5ccc6c7ccccc7sc6c54)nc4ccccc34)cc3oc4c5ccccc5ccc4c23)cc1. The molecule has 12 aromatic rings. The summed E-state index contributed by atoms with van der Waals surface area (Å²) in [6.07, 6.45) is 0. The smallest absolute Gasteiger partial charge is 0.235 e. The Kier molecular flexibility index (Phi) is 5.90. The number of thiophene rings is 1. The molecule has 0 N–H and O–H groups in total. The van der Waals surface area contributed by atoms with Gasteiger partial charge in [-0.05, 0) is 52.9 Å². The lowest BCUT2D eigenvalue weighted by Crippen LogP contribution is -2.03. The highest BCUT2D eigenvalue weighted by atomic mass is 32.1. The molecule has 0 unspecified atom stereocenters. The fraction of sp³-hybridized carbons (Fsp3) is 0. The molecule has 0 fully saturated rings. The molecule has 8 aromatic carbocycles. The summed E-state index contributed by atoms with van der Waals surface area (Å²) < 4.78 is 11.6. The van der Waals surface area contributed by atoms with Crippen LogP contribution in [0.15, 0.2) is 168 Å². The number of furan rings is 1. The van der Waals surface area contributed by atoms with E-state index in [2.05, 4.69) is 168 Å². The van der Waals surface area contributed by atoms with Gasteiger partial charge in [0.1, 0.15) is 11.2 Å². The molecule has 53 heavy (non-hydrogen) atoms. The van der Waals surface area contributed by atoms with Gasteiger partial charge in [0.2, 0.25) is 5.95 Å². The number of aromatic nitrogens is 3. The molecule has 4 aromatic heterocycles. The molecule has 246 valence electrons. The molecule has 5 heteroatoms. The van der Waals surface area contributed by atoms with E-state index in [1.165, 1.54) is 30.9 Å². The van der Waals surface area contributed by atoms with Crippen LogP contribution in [0.25, 0.3) is 114 Å². The maximum absolute atomic E-state index is 6.85. The molecule has 0 aliphatic rings. The van der Waals surface area contributed by atoms with Crippen molar-refractivity contribution in [1.82, 2.24) is 14.5 Å². The third-order valence-electron chi connectivity index (χ3n) is 10.8. The first kappa shape index (κ1) is 28.8. The van der Waals surface area contributed by atoms with Crippen molar-refractivity contribution in [3.8, 4) is 28.3 Å². The van der Waals surface area contributed by atoms with E-state index in [9.17, 15) is 0 Å². The van der Waals surface area contributed by atoms with Gasteiger partial charge in [0.15, 0.2) is 0 Å². The molecule has 4 heterocycles. The number of para-hydroxylation sites is 2. The molecule has 0 radical (unpaired) electrons. The summed E-state index contributed by atoms with van der Waals surface area (Å²) in [7, 11) is 0. The lowest BCUT2D eigenvalue weighted by molar-refractivity contribution is 0.673. The molecule has 12 rings (SSSR count). The summed E-state index contributed by atoms with van der Waals surface area (Å²) in [6.45, 7) is 0. The van der Waals surface area contributed by atoms with E-state index < -0.39 is 0 Å². The third-order valence-corrected chi connectivity index (χ3v) is 12.0. The minimum absolute atomic E-state index is 0.645. The van der Waals surface area contributed by atoms with Gasteiger partial charge >= 0.3 is 0 Å². The Hall–Kier alpha value is -6.82. The maximum Gasteiger partial charge on any atom is 0.235 e. The van der Waals surface area contributed by atoms with Crippen LogP contribution in [0.3, 0.4) is 0 Å². The van der Waals surface area contributed by atoms with Crippen molar-refractivity contribution in [1.29, 1.82) is 0 Å². The molecule has 0 aliphatic carbocycles. The Balaban J connectivity index is 1.20. The van der Waals surface area contributed by atoms with Crippen LogP contribution in [-0.2, 0) is 0 Å². The van der Waals surface area contributed by atoms with Gasteiger partial charge in [-0.2, -0.15) is 0 Å². The Morgan fingerprint density at radius 2 is 1.23 bits per heavy atom. The largest absolute Gasteiger partial charge is 0.455 e. The van der Waals surface area contributed by atoms with E-state index in [1.807, 2.05) is 11.3 Å². The number of fused-ring (bicyclic) bond motifs is 13. The molecule has 4 nitrogen and oxygen atoms in total. The van der Waals surface area contributed by atoms with E-state index in [4.69, 9.17) is 14.4 Å². The van der Waals surface area contributed by atoms with E-state index in [0.717, 1.165) is 77.0 Å². The highest BCUT2D eigenvalue weighted by Gasteiger charge is 2.22. The van der Waals surface area contributed by atoms with Gasteiger partial charge in [0.05, 0.1) is 26.9 Å². The van der Waals surface area contributed by atoms with Crippen LogP contribution in [0.1, 0.15) is 0 Å². The number of hydrogen-bond donors (Lipinski definition) is 0. The van der Waals surface area contributed by atoms with E-state index in [-0.39, 0.29) is 0 Å². The van der Waals surface area contributed by atoms with Gasteiger partial charge < -0.3 is 4.42 Å². The minimum atomic E-state index is 0.645. The molecule has 0 aliphatic heterocycles. The quantitative estimate of drug-likeness (QED) is 0.185. The van der Waals surface area contributed by atoms with Crippen molar-refractivity contribution in [3.05, 3.63) is 164 Å². The van der Waals surface area contributed by atoms with Crippen molar-refractivity contribution in [3.63, 3.8) is 0 Å². The van der Waals surface area contributed by atoms with Crippen LogP contribution in [-0.4, -0.2) is 14.5 Å². The first-order valence-electron chi connectivity index (χ1n) is 17.8. The summed E-state index contributed by atoms with van der Waals surface area (Å²) in [5, 5.41) is 10.4.